The van der Waals surface area contributed by atoms with Gasteiger partial charge in [0, 0.05) is 11.0 Å². The Bertz CT molecular complexity index is 2510. The summed E-state index contributed by atoms with van der Waals surface area (Å²) in [7, 11) is 0. The largest absolute Gasteiger partial charge is 0.309 e. The quantitative estimate of drug-likeness (QED) is 0.175. The van der Waals surface area contributed by atoms with Gasteiger partial charge in [-0.05, 0) is 169 Å². The minimum absolute atomic E-state index is 0.00415. The van der Waals surface area contributed by atoms with Crippen molar-refractivity contribution in [3.63, 3.8) is 0 Å². The van der Waals surface area contributed by atoms with E-state index in [1.807, 2.05) is 0 Å². The van der Waals surface area contributed by atoms with Crippen molar-refractivity contribution in [1.82, 2.24) is 0 Å². The molecule has 9 rings (SSSR count). The predicted octanol–water partition coefficient (Wildman–Crippen LogP) is 16.8. The normalized spacial score (nSPS) is 21.5. The van der Waals surface area contributed by atoms with Crippen molar-refractivity contribution < 1.29 is 0 Å². The van der Waals surface area contributed by atoms with Gasteiger partial charge in [-0.15, -0.1) is 0 Å². The average molecular weight is 796 g/mol. The Morgan fingerprint density at radius 2 is 0.817 bits per heavy atom. The van der Waals surface area contributed by atoms with Gasteiger partial charge in [-0.1, -0.05) is 164 Å². The van der Waals surface area contributed by atoms with Gasteiger partial charge >= 0.3 is 0 Å². The molecule has 0 unspecified atom stereocenters. The van der Waals surface area contributed by atoms with Crippen LogP contribution in [0.3, 0.4) is 0 Å². The molecule has 0 radical (unpaired) electrons. The Morgan fingerprint density at radius 3 is 1.35 bits per heavy atom. The molecule has 4 aliphatic rings. The molecule has 314 valence electrons. The predicted molar refractivity (Wildman–Crippen MR) is 259 cm³/mol. The molecule has 0 fully saturated rings. The topological polar surface area (TPSA) is 3.24 Å². The molecule has 1 nitrogen and oxygen atoms in total. The van der Waals surface area contributed by atoms with Crippen molar-refractivity contribution in [2.45, 2.75) is 187 Å². The SMILES string of the molecule is Cc1ccc2c(c1N(c1cc3c(cc1-c1ccc4c(c1)C(C)(C)CCC4(C)C)-c1ccccc1C3(C)C)c1c(C)ccc3c1C(C)(C)CCC3(C)C)C(C)(C)CCC2(C)C. The van der Waals surface area contributed by atoms with Crippen LogP contribution < -0.4 is 4.90 Å². The lowest BCUT2D eigenvalue weighted by atomic mass is 9.61. The van der Waals surface area contributed by atoms with Crippen LogP contribution in [0.15, 0.2) is 78.9 Å². The number of benzene rings is 5. The summed E-state index contributed by atoms with van der Waals surface area (Å²) in [6.45, 7) is 39.6. The highest BCUT2D eigenvalue weighted by molar-refractivity contribution is 5.97. The Hall–Kier alpha value is -4.10. The van der Waals surface area contributed by atoms with E-state index >= 15 is 0 Å². The maximum absolute atomic E-state index is 2.86. The highest BCUT2D eigenvalue weighted by atomic mass is 15.2. The van der Waals surface area contributed by atoms with Gasteiger partial charge < -0.3 is 4.90 Å². The van der Waals surface area contributed by atoms with Gasteiger partial charge in [0.2, 0.25) is 0 Å². The third-order valence-electron chi connectivity index (χ3n) is 16.9. The van der Waals surface area contributed by atoms with Crippen LogP contribution in [0.2, 0.25) is 0 Å². The van der Waals surface area contributed by atoms with E-state index in [9.17, 15) is 0 Å². The van der Waals surface area contributed by atoms with E-state index in [4.69, 9.17) is 0 Å². The Labute approximate surface area is 364 Å². The number of hydrogen-bond acceptors (Lipinski definition) is 1. The second-order valence-corrected chi connectivity index (χ2v) is 24.3. The lowest BCUT2D eigenvalue weighted by molar-refractivity contribution is 0.331. The lowest BCUT2D eigenvalue weighted by Gasteiger charge is -2.48. The summed E-state index contributed by atoms with van der Waals surface area (Å²) in [5.74, 6) is 0. The fourth-order valence-corrected chi connectivity index (χ4v) is 12.5. The zero-order valence-corrected chi connectivity index (χ0v) is 40.2. The van der Waals surface area contributed by atoms with Crippen LogP contribution >= 0.6 is 0 Å². The second kappa shape index (κ2) is 13.0. The van der Waals surface area contributed by atoms with Crippen molar-refractivity contribution in [3.05, 3.63) is 134 Å². The Balaban J connectivity index is 1.48. The molecule has 0 N–H and O–H groups in total. The maximum atomic E-state index is 2.86. The molecule has 5 aromatic carbocycles. The number of rotatable bonds is 4. The molecular formula is C59H73N. The minimum atomic E-state index is -0.147. The van der Waals surface area contributed by atoms with E-state index in [0.717, 1.165) is 12.8 Å². The highest BCUT2D eigenvalue weighted by Crippen LogP contribution is 2.60. The van der Waals surface area contributed by atoms with Crippen LogP contribution in [0.5, 0.6) is 0 Å². The molecule has 0 saturated carbocycles. The summed E-state index contributed by atoms with van der Waals surface area (Å²) in [4.78, 5) is 2.86. The molecule has 60 heavy (non-hydrogen) atoms. The van der Waals surface area contributed by atoms with E-state index in [1.165, 1.54) is 121 Å². The van der Waals surface area contributed by atoms with E-state index < -0.39 is 0 Å². The number of hydrogen-bond donors (Lipinski definition) is 0. The molecule has 0 bridgehead atoms. The first-order chi connectivity index (χ1) is 27.8. The standard InChI is InChI=1S/C59H73N/c1-36-21-24-44-49(57(11,12)31-29-54(44,5)6)51(36)60(52-37(2)22-25-45-50(52)58(13,14)32-30-55(45,7)8)48-35-46-41(39-19-17-18-20-42(39)59(46,15)16)34-40(48)38-23-26-43-47(33-38)56(9,10)28-27-53(43,3)4/h17-26,33-35H,27-32H2,1-16H3. The van der Waals surface area contributed by atoms with Crippen LogP contribution in [0.1, 0.15) is 191 Å². The molecule has 1 heteroatoms. The van der Waals surface area contributed by atoms with Gasteiger partial charge in [-0.2, -0.15) is 0 Å². The van der Waals surface area contributed by atoms with E-state index in [0.29, 0.717) is 0 Å². The monoisotopic (exact) mass is 796 g/mol. The molecule has 4 aliphatic carbocycles. The van der Waals surface area contributed by atoms with Crippen molar-refractivity contribution in [3.8, 4) is 22.3 Å². The first kappa shape index (κ1) is 41.3. The summed E-state index contributed by atoms with van der Waals surface area (Å²) >= 11 is 0. The highest BCUT2D eigenvalue weighted by Gasteiger charge is 2.46. The zero-order valence-electron chi connectivity index (χ0n) is 40.2. The molecular weight excluding hydrogens is 723 g/mol. The molecule has 0 spiro atoms. The first-order valence-electron chi connectivity index (χ1n) is 23.3. The van der Waals surface area contributed by atoms with Crippen LogP contribution in [0, 0.1) is 13.8 Å². The fraction of sp³-hybridized carbons (Fsp3) is 0.492. The van der Waals surface area contributed by atoms with Gasteiger partial charge in [0.05, 0.1) is 17.1 Å². The van der Waals surface area contributed by atoms with Crippen LogP contribution in [0.4, 0.5) is 17.1 Å². The molecule has 0 amide bonds. The second-order valence-electron chi connectivity index (χ2n) is 24.3. The van der Waals surface area contributed by atoms with E-state index in [2.05, 4.69) is 195 Å². The van der Waals surface area contributed by atoms with Gasteiger partial charge in [-0.3, -0.25) is 0 Å². The van der Waals surface area contributed by atoms with Gasteiger partial charge in [-0.25, -0.2) is 0 Å². The number of anilines is 3. The molecule has 0 aromatic heterocycles. The number of nitrogens with zero attached hydrogens (tertiary/aromatic N) is 1. The summed E-state index contributed by atoms with van der Waals surface area (Å²) in [6, 6.07) is 32.0. The summed E-state index contributed by atoms with van der Waals surface area (Å²) < 4.78 is 0. The smallest absolute Gasteiger partial charge is 0.0544 e. The summed E-state index contributed by atoms with van der Waals surface area (Å²) in [5.41, 5.74) is 24.5. The van der Waals surface area contributed by atoms with Crippen LogP contribution in [-0.4, -0.2) is 0 Å². The third-order valence-corrected chi connectivity index (χ3v) is 16.9. The van der Waals surface area contributed by atoms with Crippen molar-refractivity contribution in [1.29, 1.82) is 0 Å². The van der Waals surface area contributed by atoms with Crippen LogP contribution in [0.25, 0.3) is 22.3 Å². The van der Waals surface area contributed by atoms with Gasteiger partial charge in [0.25, 0.3) is 0 Å². The molecule has 0 saturated heterocycles. The molecule has 5 aromatic rings. The maximum Gasteiger partial charge on any atom is 0.0544 e. The third kappa shape index (κ3) is 5.97. The van der Waals surface area contributed by atoms with Crippen molar-refractivity contribution >= 4 is 17.1 Å². The van der Waals surface area contributed by atoms with Crippen LogP contribution in [-0.2, 0) is 37.9 Å². The van der Waals surface area contributed by atoms with E-state index in [1.54, 1.807) is 0 Å². The number of fused-ring (bicyclic) bond motifs is 6. The Kier molecular flexibility index (Phi) is 8.92. The first-order valence-corrected chi connectivity index (χ1v) is 23.3. The number of aryl methyl sites for hydroxylation is 2. The van der Waals surface area contributed by atoms with Crippen molar-refractivity contribution in [2.75, 3.05) is 4.90 Å². The molecule has 0 heterocycles. The Morgan fingerprint density at radius 1 is 0.367 bits per heavy atom. The summed E-state index contributed by atoms with van der Waals surface area (Å²) in [6.07, 6.45) is 7.11. The lowest BCUT2D eigenvalue weighted by Crippen LogP contribution is -2.38. The van der Waals surface area contributed by atoms with Gasteiger partial charge in [0.1, 0.15) is 0 Å². The molecule has 0 aliphatic heterocycles. The summed E-state index contributed by atoms with van der Waals surface area (Å²) in [5, 5.41) is 0. The average Bonchev–Trinajstić information content (AvgIpc) is 3.40. The minimum Gasteiger partial charge on any atom is -0.309 e. The molecule has 0 atom stereocenters. The van der Waals surface area contributed by atoms with Crippen molar-refractivity contribution in [2.24, 2.45) is 0 Å². The van der Waals surface area contributed by atoms with E-state index in [-0.39, 0.29) is 37.9 Å². The zero-order chi connectivity index (χ0) is 43.3. The van der Waals surface area contributed by atoms with Gasteiger partial charge in [0.15, 0.2) is 0 Å². The fourth-order valence-electron chi connectivity index (χ4n) is 12.5.